The highest BCUT2D eigenvalue weighted by Crippen LogP contribution is 2.45. The lowest BCUT2D eigenvalue weighted by Gasteiger charge is -2.30. The van der Waals surface area contributed by atoms with Gasteiger partial charge in [0.15, 0.2) is 0 Å². The maximum Gasteiger partial charge on any atom is 0.248 e. The summed E-state index contributed by atoms with van der Waals surface area (Å²) in [4.78, 5) is 20.6. The van der Waals surface area contributed by atoms with E-state index in [0.717, 1.165) is 40.6 Å². The number of thiazole rings is 1. The molecule has 2 aromatic heterocycles. The summed E-state index contributed by atoms with van der Waals surface area (Å²) in [6.45, 7) is 10.0. The Labute approximate surface area is 161 Å². The average molecular weight is 384 g/mol. The second-order valence-corrected chi connectivity index (χ2v) is 8.84. The van der Waals surface area contributed by atoms with E-state index < -0.39 is 0 Å². The van der Waals surface area contributed by atoms with Crippen molar-refractivity contribution in [2.75, 3.05) is 11.9 Å². The Morgan fingerprint density at radius 1 is 1.35 bits per heavy atom. The van der Waals surface area contributed by atoms with E-state index in [4.69, 9.17) is 4.98 Å². The number of aromatic nitrogens is 1. The smallest absolute Gasteiger partial charge is 0.248 e. The number of anilines is 1. The van der Waals surface area contributed by atoms with Crippen LogP contribution in [0.15, 0.2) is 36.9 Å². The third kappa shape index (κ3) is 3.09. The van der Waals surface area contributed by atoms with Gasteiger partial charge in [0, 0.05) is 29.6 Å². The number of thiophene rings is 1. The number of carbonyl (C=O) groups is 1. The fourth-order valence-corrected chi connectivity index (χ4v) is 5.71. The highest BCUT2D eigenvalue weighted by atomic mass is 32.1. The van der Waals surface area contributed by atoms with Crippen molar-refractivity contribution in [3.8, 4) is 10.6 Å². The van der Waals surface area contributed by atoms with Gasteiger partial charge in [0.25, 0.3) is 0 Å². The summed E-state index contributed by atoms with van der Waals surface area (Å²) in [6, 6.07) is 8.70. The highest BCUT2D eigenvalue weighted by molar-refractivity contribution is 7.22. The molecule has 1 aliphatic rings. The molecule has 0 radical (unpaired) electrons. The monoisotopic (exact) mass is 383 g/mol. The lowest BCUT2D eigenvalue weighted by molar-refractivity contribution is -0.111. The maximum absolute atomic E-state index is 12.0. The number of hydrogen-bond donors (Lipinski definition) is 1. The van der Waals surface area contributed by atoms with E-state index in [0.29, 0.717) is 6.04 Å². The van der Waals surface area contributed by atoms with E-state index in [2.05, 4.69) is 36.7 Å². The van der Waals surface area contributed by atoms with E-state index in [-0.39, 0.29) is 5.91 Å². The maximum atomic E-state index is 12.0. The molecular weight excluding hydrogens is 362 g/mol. The summed E-state index contributed by atoms with van der Waals surface area (Å²) in [5.41, 5.74) is 3.45. The number of rotatable bonds is 4. The molecule has 4 nitrogen and oxygen atoms in total. The third-order valence-electron chi connectivity index (χ3n) is 4.75. The molecule has 134 valence electrons. The molecule has 3 aromatic rings. The largest absolute Gasteiger partial charge is 0.314 e. The summed E-state index contributed by atoms with van der Waals surface area (Å²) in [5, 5.41) is 4.89. The van der Waals surface area contributed by atoms with Gasteiger partial charge in [-0.25, -0.2) is 4.98 Å². The average Bonchev–Trinajstić information content (AvgIpc) is 3.20. The topological polar surface area (TPSA) is 45.2 Å². The Bertz CT molecular complexity index is 953. The van der Waals surface area contributed by atoms with Gasteiger partial charge in [0.2, 0.25) is 5.91 Å². The molecule has 0 aliphatic carbocycles. The molecule has 0 atom stereocenters. The fourth-order valence-electron chi connectivity index (χ4n) is 3.32. The van der Waals surface area contributed by atoms with Crippen LogP contribution in [-0.4, -0.2) is 28.4 Å². The van der Waals surface area contributed by atoms with Crippen molar-refractivity contribution in [1.82, 2.24) is 9.88 Å². The highest BCUT2D eigenvalue weighted by Gasteiger charge is 2.28. The second-order valence-electron chi connectivity index (χ2n) is 6.70. The van der Waals surface area contributed by atoms with Crippen molar-refractivity contribution in [2.45, 2.75) is 32.9 Å². The van der Waals surface area contributed by atoms with Gasteiger partial charge in [0.1, 0.15) is 10.0 Å². The summed E-state index contributed by atoms with van der Waals surface area (Å²) in [6.07, 6.45) is 2.31. The third-order valence-corrected chi connectivity index (χ3v) is 6.93. The van der Waals surface area contributed by atoms with Crippen molar-refractivity contribution in [1.29, 1.82) is 0 Å². The van der Waals surface area contributed by atoms with Crippen LogP contribution in [0.4, 0.5) is 5.00 Å². The molecule has 4 rings (SSSR count). The van der Waals surface area contributed by atoms with Crippen molar-refractivity contribution in [3.05, 3.63) is 47.4 Å². The molecule has 0 bridgehead atoms. The minimum Gasteiger partial charge on any atom is -0.314 e. The van der Waals surface area contributed by atoms with Crippen LogP contribution in [0, 0.1) is 0 Å². The predicted molar refractivity (Wildman–Crippen MR) is 111 cm³/mol. The molecule has 0 saturated heterocycles. The molecule has 1 aromatic carbocycles. The Hall–Kier alpha value is -2.02. The molecule has 26 heavy (non-hydrogen) atoms. The van der Waals surface area contributed by atoms with Crippen LogP contribution in [0.5, 0.6) is 0 Å². The first-order valence-electron chi connectivity index (χ1n) is 8.74. The van der Waals surface area contributed by atoms with E-state index in [1.165, 1.54) is 21.2 Å². The molecule has 0 fully saturated rings. The number of carbonyl (C=O) groups excluding carboxylic acids is 1. The van der Waals surface area contributed by atoms with E-state index >= 15 is 0 Å². The van der Waals surface area contributed by atoms with Gasteiger partial charge in [-0.05, 0) is 44.0 Å². The summed E-state index contributed by atoms with van der Waals surface area (Å²) in [7, 11) is 0. The van der Waals surface area contributed by atoms with E-state index in [9.17, 15) is 4.79 Å². The van der Waals surface area contributed by atoms with Crippen LogP contribution in [0.2, 0.25) is 0 Å². The lowest BCUT2D eigenvalue weighted by Crippen LogP contribution is -2.35. The van der Waals surface area contributed by atoms with Crippen LogP contribution in [0.1, 0.15) is 24.3 Å². The normalized spacial score (nSPS) is 14.6. The first-order valence-corrected chi connectivity index (χ1v) is 10.4. The van der Waals surface area contributed by atoms with Crippen molar-refractivity contribution >= 4 is 43.8 Å². The van der Waals surface area contributed by atoms with E-state index in [1.54, 1.807) is 22.7 Å². The standard InChI is InChI=1S/C20H21N3OS2/c1-4-17(24)22-20-18(19-21-14-7-5-6-8-15(14)25-19)13-9-10-23(12(2)3)11-16(13)26-20/h4-8,12H,1,9-11H2,2-3H3,(H,22,24). The number of benzene rings is 1. The number of amides is 1. The molecule has 0 saturated carbocycles. The minimum atomic E-state index is -0.174. The van der Waals surface area contributed by atoms with Gasteiger partial charge in [-0.2, -0.15) is 0 Å². The predicted octanol–water partition coefficient (Wildman–Crippen LogP) is 4.92. The number of hydrogen-bond acceptors (Lipinski definition) is 5. The van der Waals surface area contributed by atoms with Crippen LogP contribution in [0.3, 0.4) is 0 Å². The van der Waals surface area contributed by atoms with Crippen LogP contribution in [0.25, 0.3) is 20.8 Å². The first kappa shape index (κ1) is 17.4. The van der Waals surface area contributed by atoms with Gasteiger partial charge in [0.05, 0.1) is 10.2 Å². The van der Waals surface area contributed by atoms with E-state index in [1.807, 2.05) is 18.2 Å². The summed E-state index contributed by atoms with van der Waals surface area (Å²) in [5.74, 6) is -0.174. The van der Waals surface area contributed by atoms with Gasteiger partial charge < -0.3 is 5.32 Å². The van der Waals surface area contributed by atoms with Crippen LogP contribution >= 0.6 is 22.7 Å². The Balaban J connectivity index is 1.83. The van der Waals surface area contributed by atoms with Crippen molar-refractivity contribution < 1.29 is 4.79 Å². The summed E-state index contributed by atoms with van der Waals surface area (Å²) >= 11 is 3.37. The molecule has 3 heterocycles. The van der Waals surface area contributed by atoms with Crippen molar-refractivity contribution in [2.24, 2.45) is 0 Å². The quantitative estimate of drug-likeness (QED) is 0.651. The number of fused-ring (bicyclic) bond motifs is 2. The molecular formula is C20H21N3OS2. The number of nitrogens with one attached hydrogen (secondary N) is 1. The lowest BCUT2D eigenvalue weighted by atomic mass is 10.0. The van der Waals surface area contributed by atoms with Crippen molar-refractivity contribution in [3.63, 3.8) is 0 Å². The van der Waals surface area contributed by atoms with Gasteiger partial charge >= 0.3 is 0 Å². The molecule has 0 spiro atoms. The Morgan fingerprint density at radius 3 is 2.88 bits per heavy atom. The van der Waals surface area contributed by atoms with Gasteiger partial charge in [-0.15, -0.1) is 22.7 Å². The minimum absolute atomic E-state index is 0.174. The van der Waals surface area contributed by atoms with Crippen LogP contribution < -0.4 is 5.32 Å². The Morgan fingerprint density at radius 2 is 2.15 bits per heavy atom. The van der Waals surface area contributed by atoms with Gasteiger partial charge in [-0.1, -0.05) is 18.7 Å². The number of nitrogens with zero attached hydrogens (tertiary/aromatic N) is 2. The summed E-state index contributed by atoms with van der Waals surface area (Å²) < 4.78 is 1.17. The van der Waals surface area contributed by atoms with Gasteiger partial charge in [-0.3, -0.25) is 9.69 Å². The SMILES string of the molecule is C=CC(=O)Nc1sc2c(c1-c1nc3ccccc3s1)CCN(C(C)C)C2. The molecule has 0 unspecified atom stereocenters. The molecule has 6 heteroatoms. The fraction of sp³-hybridized carbons (Fsp3) is 0.300. The molecule has 1 amide bonds. The molecule has 1 N–H and O–H groups in total. The zero-order valence-corrected chi connectivity index (χ0v) is 16.5. The van der Waals surface area contributed by atoms with Crippen LogP contribution in [-0.2, 0) is 17.8 Å². The molecule has 1 aliphatic heterocycles. The zero-order chi connectivity index (χ0) is 18.3. The zero-order valence-electron chi connectivity index (χ0n) is 14.9. The second kappa shape index (κ2) is 6.95. The first-order chi connectivity index (χ1) is 12.6. The Kier molecular flexibility index (Phi) is 4.65. The number of para-hydroxylation sites is 1.